The third-order valence-corrected chi connectivity index (χ3v) is 3.72. The summed E-state index contributed by atoms with van der Waals surface area (Å²) < 4.78 is 4.94. The summed E-state index contributed by atoms with van der Waals surface area (Å²) in [4.78, 5) is 25.6. The van der Waals surface area contributed by atoms with Gasteiger partial charge in [0.25, 0.3) is 0 Å². The number of amides is 1. The normalized spacial score (nSPS) is 22.0. The molecule has 4 nitrogen and oxygen atoms in total. The van der Waals surface area contributed by atoms with Gasteiger partial charge in [0.2, 0.25) is 5.91 Å². The number of carbonyl (C=O) groups is 2. The van der Waals surface area contributed by atoms with Gasteiger partial charge >= 0.3 is 5.97 Å². The van der Waals surface area contributed by atoms with Gasteiger partial charge in [-0.2, -0.15) is 0 Å². The predicted molar refractivity (Wildman–Crippen MR) is 71.6 cm³/mol. The predicted octanol–water partition coefficient (Wildman–Crippen LogP) is 1.82. The summed E-state index contributed by atoms with van der Waals surface area (Å²) in [5.74, 6) is -0.792. The molecule has 1 aliphatic rings. The van der Waals surface area contributed by atoms with Crippen LogP contribution in [0.15, 0.2) is 30.3 Å². The first-order valence-electron chi connectivity index (χ1n) is 6.20. The zero-order valence-corrected chi connectivity index (χ0v) is 11.5. The number of nitrogens with zero attached hydrogens (tertiary/aromatic N) is 1. The van der Waals surface area contributed by atoms with Crippen molar-refractivity contribution in [2.45, 2.75) is 13.5 Å². The fourth-order valence-electron chi connectivity index (χ4n) is 2.18. The monoisotopic (exact) mass is 281 g/mol. The zero-order valence-electron chi connectivity index (χ0n) is 10.8. The first-order valence-corrected chi connectivity index (χ1v) is 6.74. The highest BCUT2D eigenvalue weighted by Gasteiger charge is 2.58. The number of benzene rings is 1. The summed E-state index contributed by atoms with van der Waals surface area (Å²) >= 11 is 5.81. The van der Waals surface area contributed by atoms with Crippen LogP contribution in [0.4, 0.5) is 0 Å². The van der Waals surface area contributed by atoms with Gasteiger partial charge in [-0.25, -0.2) is 0 Å². The lowest BCUT2D eigenvalue weighted by Crippen LogP contribution is -2.66. The maximum absolute atomic E-state index is 12.2. The van der Waals surface area contributed by atoms with Crippen molar-refractivity contribution in [3.8, 4) is 0 Å². The molecule has 0 aromatic heterocycles. The second kappa shape index (κ2) is 5.61. The second-order valence-electron chi connectivity index (χ2n) is 4.58. The number of rotatable bonds is 5. The number of alkyl halides is 1. The summed E-state index contributed by atoms with van der Waals surface area (Å²) in [7, 11) is 0. The Labute approximate surface area is 117 Å². The molecule has 1 aromatic carbocycles. The smallest absolute Gasteiger partial charge is 0.324 e. The maximum Gasteiger partial charge on any atom is 0.324 e. The van der Waals surface area contributed by atoms with Crippen molar-refractivity contribution in [1.82, 2.24) is 4.90 Å². The molecule has 1 fully saturated rings. The number of hydrogen-bond donors (Lipinski definition) is 0. The lowest BCUT2D eigenvalue weighted by Gasteiger charge is -2.45. The van der Waals surface area contributed by atoms with Gasteiger partial charge in [0, 0.05) is 19.0 Å². The number of hydrogen-bond acceptors (Lipinski definition) is 3. The highest BCUT2D eigenvalue weighted by atomic mass is 35.5. The Morgan fingerprint density at radius 1 is 1.42 bits per heavy atom. The molecule has 1 aromatic rings. The molecule has 19 heavy (non-hydrogen) atoms. The first kappa shape index (κ1) is 13.9. The van der Waals surface area contributed by atoms with Gasteiger partial charge < -0.3 is 9.64 Å². The molecule has 0 bridgehead atoms. The standard InChI is InChI=1S/C14H16ClNO3/c1-2-19-13(18)14(9-15)10-16(12(14)17)8-11-6-4-3-5-7-11/h3-7H,2,8-10H2,1H3. The fraction of sp³-hybridized carbons (Fsp3) is 0.429. The average Bonchev–Trinajstić information content (AvgIpc) is 2.44. The van der Waals surface area contributed by atoms with Gasteiger partial charge in [0.05, 0.1) is 6.61 Å². The molecule has 102 valence electrons. The number of halogens is 1. The molecule has 0 N–H and O–H groups in total. The zero-order chi connectivity index (χ0) is 13.9. The van der Waals surface area contributed by atoms with E-state index in [-0.39, 0.29) is 18.4 Å². The lowest BCUT2D eigenvalue weighted by molar-refractivity contribution is -0.178. The van der Waals surface area contributed by atoms with Crippen LogP contribution in [0.1, 0.15) is 12.5 Å². The van der Waals surface area contributed by atoms with E-state index in [2.05, 4.69) is 0 Å². The SMILES string of the molecule is CCOC(=O)C1(CCl)CN(Cc2ccccc2)C1=O. The highest BCUT2D eigenvalue weighted by Crippen LogP contribution is 2.36. The topological polar surface area (TPSA) is 46.6 Å². The van der Waals surface area contributed by atoms with Crippen molar-refractivity contribution >= 4 is 23.5 Å². The minimum atomic E-state index is -1.17. The van der Waals surface area contributed by atoms with Crippen LogP contribution in [0.25, 0.3) is 0 Å². The van der Waals surface area contributed by atoms with Crippen molar-refractivity contribution < 1.29 is 14.3 Å². The largest absolute Gasteiger partial charge is 0.465 e. The van der Waals surface area contributed by atoms with Gasteiger partial charge in [-0.3, -0.25) is 9.59 Å². The number of β-lactam (4-membered cyclic amide) rings is 1. The summed E-state index contributed by atoms with van der Waals surface area (Å²) in [6.07, 6.45) is 0. The lowest BCUT2D eigenvalue weighted by atomic mass is 9.80. The van der Waals surface area contributed by atoms with Gasteiger partial charge in [-0.05, 0) is 12.5 Å². The quantitative estimate of drug-likeness (QED) is 0.358. The Kier molecular flexibility index (Phi) is 4.10. The van der Waals surface area contributed by atoms with Crippen molar-refractivity contribution in [3.05, 3.63) is 35.9 Å². The Balaban J connectivity index is 2.03. The molecular formula is C14H16ClNO3. The molecule has 2 rings (SSSR count). The van der Waals surface area contributed by atoms with E-state index in [0.29, 0.717) is 13.1 Å². The minimum Gasteiger partial charge on any atom is -0.465 e. The van der Waals surface area contributed by atoms with E-state index in [9.17, 15) is 9.59 Å². The molecule has 0 spiro atoms. The molecule has 0 saturated carbocycles. The van der Waals surface area contributed by atoms with Crippen LogP contribution in [0, 0.1) is 5.41 Å². The van der Waals surface area contributed by atoms with E-state index in [1.54, 1.807) is 11.8 Å². The Morgan fingerprint density at radius 3 is 2.63 bits per heavy atom. The molecular weight excluding hydrogens is 266 g/mol. The Bertz CT molecular complexity index is 477. The van der Waals surface area contributed by atoms with Crippen LogP contribution in [-0.2, 0) is 20.9 Å². The van der Waals surface area contributed by atoms with E-state index in [4.69, 9.17) is 16.3 Å². The minimum absolute atomic E-state index is 0.0318. The molecule has 1 unspecified atom stereocenters. The number of carbonyl (C=O) groups excluding carboxylic acids is 2. The van der Waals surface area contributed by atoms with E-state index < -0.39 is 11.4 Å². The van der Waals surface area contributed by atoms with E-state index in [1.165, 1.54) is 0 Å². The van der Waals surface area contributed by atoms with Gasteiger partial charge in [-0.1, -0.05) is 30.3 Å². The third-order valence-electron chi connectivity index (χ3n) is 3.27. The molecule has 5 heteroatoms. The fourth-order valence-corrected chi connectivity index (χ4v) is 2.49. The van der Waals surface area contributed by atoms with Crippen molar-refractivity contribution in [2.75, 3.05) is 19.0 Å². The third kappa shape index (κ3) is 2.45. The molecule has 1 heterocycles. The Hall–Kier alpha value is -1.55. The summed E-state index contributed by atoms with van der Waals surface area (Å²) in [6, 6.07) is 9.64. The summed E-state index contributed by atoms with van der Waals surface area (Å²) in [6.45, 7) is 2.79. The van der Waals surface area contributed by atoms with Gasteiger partial charge in [0.15, 0.2) is 5.41 Å². The van der Waals surface area contributed by atoms with Crippen molar-refractivity contribution in [2.24, 2.45) is 5.41 Å². The summed E-state index contributed by atoms with van der Waals surface area (Å²) in [5, 5.41) is 0. The van der Waals surface area contributed by atoms with E-state index in [1.807, 2.05) is 30.3 Å². The van der Waals surface area contributed by atoms with Gasteiger partial charge in [0.1, 0.15) is 0 Å². The number of ether oxygens (including phenoxy) is 1. The highest BCUT2D eigenvalue weighted by molar-refractivity contribution is 6.24. The second-order valence-corrected chi connectivity index (χ2v) is 4.85. The molecule has 1 amide bonds. The van der Waals surface area contributed by atoms with Crippen LogP contribution >= 0.6 is 11.6 Å². The van der Waals surface area contributed by atoms with Crippen molar-refractivity contribution in [3.63, 3.8) is 0 Å². The van der Waals surface area contributed by atoms with Crippen LogP contribution in [0.2, 0.25) is 0 Å². The van der Waals surface area contributed by atoms with Crippen LogP contribution < -0.4 is 0 Å². The molecule has 1 saturated heterocycles. The van der Waals surface area contributed by atoms with Crippen molar-refractivity contribution in [1.29, 1.82) is 0 Å². The maximum atomic E-state index is 12.2. The molecule has 1 atom stereocenters. The van der Waals surface area contributed by atoms with Gasteiger partial charge in [-0.15, -0.1) is 11.6 Å². The molecule has 1 aliphatic heterocycles. The number of esters is 1. The Morgan fingerprint density at radius 2 is 2.11 bits per heavy atom. The van der Waals surface area contributed by atoms with E-state index in [0.717, 1.165) is 5.56 Å². The van der Waals surface area contributed by atoms with Crippen LogP contribution in [-0.4, -0.2) is 35.8 Å². The molecule has 0 radical (unpaired) electrons. The van der Waals surface area contributed by atoms with E-state index >= 15 is 0 Å². The molecule has 0 aliphatic carbocycles. The summed E-state index contributed by atoms with van der Waals surface area (Å²) in [5.41, 5.74) is -0.144. The number of likely N-dealkylation sites (tertiary alicyclic amines) is 1. The van der Waals surface area contributed by atoms with Crippen LogP contribution in [0.3, 0.4) is 0 Å². The van der Waals surface area contributed by atoms with Crippen LogP contribution in [0.5, 0.6) is 0 Å². The first-order chi connectivity index (χ1) is 9.14. The average molecular weight is 282 g/mol.